The Bertz CT molecular complexity index is 643. The number of rotatable bonds is 2. The average Bonchev–Trinajstić information content (AvgIpc) is 2.50. The van der Waals surface area contributed by atoms with Crippen molar-refractivity contribution in [1.29, 1.82) is 0 Å². The van der Waals surface area contributed by atoms with Gasteiger partial charge in [0, 0.05) is 22.7 Å². The van der Waals surface area contributed by atoms with Crippen LogP contribution in [0, 0.1) is 0 Å². The van der Waals surface area contributed by atoms with Crippen molar-refractivity contribution in [1.82, 2.24) is 5.32 Å². The van der Waals surface area contributed by atoms with Crippen molar-refractivity contribution in [3.05, 3.63) is 59.1 Å². The molecule has 0 radical (unpaired) electrons. The molecule has 0 fully saturated rings. The number of halogens is 1. The fourth-order valence-corrected chi connectivity index (χ4v) is 2.48. The molecule has 0 aliphatic carbocycles. The number of fused-ring (bicyclic) bond motifs is 1. The second-order valence-corrected chi connectivity index (χ2v) is 5.27. The summed E-state index contributed by atoms with van der Waals surface area (Å²) in [5, 5.41) is 6.41. The Labute approximate surface area is 128 Å². The SMILES string of the molecule is O=C(Nc1ccc(Cl)cc1)NC1CCOc2ccccc21. The number of urea groups is 1. The Balaban J connectivity index is 1.67. The van der Waals surface area contributed by atoms with Gasteiger partial charge >= 0.3 is 6.03 Å². The normalized spacial score (nSPS) is 16.5. The maximum Gasteiger partial charge on any atom is 0.319 e. The minimum Gasteiger partial charge on any atom is -0.493 e. The summed E-state index contributed by atoms with van der Waals surface area (Å²) in [5.74, 6) is 0.834. The Kier molecular flexibility index (Phi) is 3.97. The summed E-state index contributed by atoms with van der Waals surface area (Å²) in [6.45, 7) is 0.600. The fourth-order valence-electron chi connectivity index (χ4n) is 2.35. The predicted molar refractivity (Wildman–Crippen MR) is 82.9 cm³/mol. The fraction of sp³-hybridized carbons (Fsp3) is 0.188. The molecule has 21 heavy (non-hydrogen) atoms. The van der Waals surface area contributed by atoms with Crippen LogP contribution in [0.5, 0.6) is 5.75 Å². The van der Waals surface area contributed by atoms with Crippen molar-refractivity contribution in [3.63, 3.8) is 0 Å². The standard InChI is InChI=1S/C16H15ClN2O2/c17-11-5-7-12(8-6-11)18-16(20)19-14-9-10-21-15-4-2-1-3-13(14)15/h1-8,14H,9-10H2,(H2,18,19,20). The molecule has 0 saturated carbocycles. The molecule has 108 valence electrons. The van der Waals surface area contributed by atoms with Crippen LogP contribution in [0.25, 0.3) is 0 Å². The van der Waals surface area contributed by atoms with Crippen LogP contribution in [0.2, 0.25) is 5.02 Å². The zero-order valence-electron chi connectivity index (χ0n) is 11.3. The van der Waals surface area contributed by atoms with Crippen LogP contribution in [0.15, 0.2) is 48.5 Å². The molecule has 3 rings (SSSR count). The molecule has 1 unspecified atom stereocenters. The summed E-state index contributed by atoms with van der Waals surface area (Å²) < 4.78 is 5.58. The van der Waals surface area contributed by atoms with Crippen molar-refractivity contribution in [2.24, 2.45) is 0 Å². The molecule has 1 aliphatic heterocycles. The summed E-state index contributed by atoms with van der Waals surface area (Å²) in [5.41, 5.74) is 1.72. The first-order valence-corrected chi connectivity index (χ1v) is 7.15. The van der Waals surface area contributed by atoms with E-state index in [0.29, 0.717) is 17.3 Å². The number of amides is 2. The van der Waals surface area contributed by atoms with Crippen LogP contribution in [-0.2, 0) is 0 Å². The van der Waals surface area contributed by atoms with E-state index in [0.717, 1.165) is 17.7 Å². The summed E-state index contributed by atoms with van der Waals surface area (Å²) in [6.07, 6.45) is 0.755. The molecule has 1 aliphatic rings. The number of hydrogen-bond acceptors (Lipinski definition) is 2. The Morgan fingerprint density at radius 1 is 1.14 bits per heavy atom. The van der Waals surface area contributed by atoms with Crippen LogP contribution in [-0.4, -0.2) is 12.6 Å². The molecule has 1 heterocycles. The Morgan fingerprint density at radius 3 is 2.71 bits per heavy atom. The van der Waals surface area contributed by atoms with Crippen LogP contribution in [0.3, 0.4) is 0 Å². The maximum atomic E-state index is 12.1. The maximum absolute atomic E-state index is 12.1. The third-order valence-electron chi connectivity index (χ3n) is 3.37. The van der Waals surface area contributed by atoms with E-state index in [1.807, 2.05) is 24.3 Å². The van der Waals surface area contributed by atoms with Crippen molar-refractivity contribution in [3.8, 4) is 5.75 Å². The number of nitrogens with one attached hydrogen (secondary N) is 2. The quantitative estimate of drug-likeness (QED) is 0.881. The van der Waals surface area contributed by atoms with Gasteiger partial charge in [-0.15, -0.1) is 0 Å². The van der Waals surface area contributed by atoms with E-state index in [9.17, 15) is 4.79 Å². The van der Waals surface area contributed by atoms with Gasteiger partial charge in [0.15, 0.2) is 0 Å². The van der Waals surface area contributed by atoms with E-state index in [1.54, 1.807) is 24.3 Å². The highest BCUT2D eigenvalue weighted by Crippen LogP contribution is 2.31. The summed E-state index contributed by atoms with van der Waals surface area (Å²) in [4.78, 5) is 12.1. The first-order chi connectivity index (χ1) is 10.2. The van der Waals surface area contributed by atoms with E-state index < -0.39 is 0 Å². The number of carbonyl (C=O) groups excluding carboxylic acids is 1. The van der Waals surface area contributed by atoms with Crippen molar-refractivity contribution < 1.29 is 9.53 Å². The first kappa shape index (κ1) is 13.8. The molecule has 0 saturated heterocycles. The van der Waals surface area contributed by atoms with Crippen LogP contribution >= 0.6 is 11.6 Å². The van der Waals surface area contributed by atoms with Crippen molar-refractivity contribution in [2.75, 3.05) is 11.9 Å². The van der Waals surface area contributed by atoms with Gasteiger partial charge < -0.3 is 15.4 Å². The highest BCUT2D eigenvalue weighted by Gasteiger charge is 2.22. The van der Waals surface area contributed by atoms with Gasteiger partial charge in [-0.05, 0) is 30.3 Å². The zero-order valence-corrected chi connectivity index (χ0v) is 12.1. The topological polar surface area (TPSA) is 50.4 Å². The third kappa shape index (κ3) is 3.28. The second-order valence-electron chi connectivity index (χ2n) is 4.83. The number of carbonyl (C=O) groups is 1. The number of anilines is 1. The lowest BCUT2D eigenvalue weighted by Crippen LogP contribution is -2.35. The number of ether oxygens (including phenoxy) is 1. The minimum atomic E-state index is -0.237. The van der Waals surface area contributed by atoms with Crippen molar-refractivity contribution >= 4 is 23.3 Å². The van der Waals surface area contributed by atoms with Gasteiger partial charge in [-0.3, -0.25) is 0 Å². The number of benzene rings is 2. The molecule has 2 aromatic rings. The number of hydrogen-bond donors (Lipinski definition) is 2. The monoisotopic (exact) mass is 302 g/mol. The molecule has 4 nitrogen and oxygen atoms in total. The molecule has 2 aromatic carbocycles. The molecule has 5 heteroatoms. The molecule has 0 aromatic heterocycles. The predicted octanol–water partition coefficient (Wildman–Crippen LogP) is 3.99. The first-order valence-electron chi connectivity index (χ1n) is 6.77. The van der Waals surface area contributed by atoms with E-state index in [4.69, 9.17) is 16.3 Å². The molecular formula is C16H15ClN2O2. The summed E-state index contributed by atoms with van der Waals surface area (Å²) in [7, 11) is 0. The minimum absolute atomic E-state index is 0.0396. The van der Waals surface area contributed by atoms with Crippen LogP contribution in [0.1, 0.15) is 18.0 Å². The largest absolute Gasteiger partial charge is 0.493 e. The summed E-state index contributed by atoms with van der Waals surface area (Å²) in [6, 6.07) is 14.5. The molecule has 0 bridgehead atoms. The Hall–Kier alpha value is -2.20. The van der Waals surface area contributed by atoms with Crippen molar-refractivity contribution in [2.45, 2.75) is 12.5 Å². The molecule has 2 amide bonds. The van der Waals surface area contributed by atoms with Gasteiger partial charge in [0.05, 0.1) is 12.6 Å². The van der Waals surface area contributed by atoms with Gasteiger partial charge in [-0.2, -0.15) is 0 Å². The van der Waals surface area contributed by atoms with Crippen LogP contribution < -0.4 is 15.4 Å². The molecule has 1 atom stereocenters. The van der Waals surface area contributed by atoms with Gasteiger partial charge in [0.1, 0.15) is 5.75 Å². The smallest absolute Gasteiger partial charge is 0.319 e. The highest BCUT2D eigenvalue weighted by atomic mass is 35.5. The average molecular weight is 303 g/mol. The van der Waals surface area contributed by atoms with Gasteiger partial charge in [-0.25, -0.2) is 4.79 Å². The van der Waals surface area contributed by atoms with E-state index in [1.165, 1.54) is 0 Å². The molecule has 0 spiro atoms. The lowest BCUT2D eigenvalue weighted by atomic mass is 10.0. The van der Waals surface area contributed by atoms with E-state index >= 15 is 0 Å². The van der Waals surface area contributed by atoms with E-state index in [-0.39, 0.29) is 12.1 Å². The Morgan fingerprint density at radius 2 is 1.90 bits per heavy atom. The summed E-state index contributed by atoms with van der Waals surface area (Å²) >= 11 is 5.82. The third-order valence-corrected chi connectivity index (χ3v) is 3.62. The zero-order chi connectivity index (χ0) is 14.7. The van der Waals surface area contributed by atoms with Gasteiger partial charge in [-0.1, -0.05) is 29.8 Å². The van der Waals surface area contributed by atoms with Crippen LogP contribution in [0.4, 0.5) is 10.5 Å². The molecular weight excluding hydrogens is 288 g/mol. The lowest BCUT2D eigenvalue weighted by Gasteiger charge is -2.26. The van der Waals surface area contributed by atoms with Gasteiger partial charge in [0.2, 0.25) is 0 Å². The number of para-hydroxylation sites is 1. The van der Waals surface area contributed by atoms with Gasteiger partial charge in [0.25, 0.3) is 0 Å². The molecule has 2 N–H and O–H groups in total. The lowest BCUT2D eigenvalue weighted by molar-refractivity contribution is 0.232. The second kappa shape index (κ2) is 6.06. The van der Waals surface area contributed by atoms with E-state index in [2.05, 4.69) is 10.6 Å². The highest BCUT2D eigenvalue weighted by molar-refractivity contribution is 6.30.